The second-order valence-corrected chi connectivity index (χ2v) is 18.9. The molecule has 0 spiro atoms. The largest absolute Gasteiger partial charge is 0.462 e. The maximum atomic E-state index is 12.8. The van der Waals surface area contributed by atoms with Gasteiger partial charge >= 0.3 is 17.9 Å². The van der Waals surface area contributed by atoms with Crippen molar-refractivity contribution >= 4 is 17.9 Å². The molecule has 0 aromatic carbocycles. The predicted molar refractivity (Wildman–Crippen MR) is 261 cm³/mol. The van der Waals surface area contributed by atoms with Crippen LogP contribution in [-0.2, 0) is 28.6 Å². The molecular formula is C55H106O6. The lowest BCUT2D eigenvalue weighted by molar-refractivity contribution is -0.167. The zero-order chi connectivity index (χ0) is 44.4. The average molecular weight is 863 g/mol. The summed E-state index contributed by atoms with van der Waals surface area (Å²) < 4.78 is 16.8. The van der Waals surface area contributed by atoms with Crippen LogP contribution in [0.25, 0.3) is 0 Å². The molecule has 1 unspecified atom stereocenters. The maximum Gasteiger partial charge on any atom is 0.306 e. The Hall–Kier alpha value is -1.59. The average Bonchev–Trinajstić information content (AvgIpc) is 3.26. The maximum absolute atomic E-state index is 12.8. The molecule has 0 aliphatic rings. The molecule has 0 fully saturated rings. The van der Waals surface area contributed by atoms with E-state index in [1.165, 1.54) is 218 Å². The number of rotatable bonds is 51. The molecule has 1 atom stereocenters. The zero-order valence-corrected chi connectivity index (χ0v) is 41.5. The van der Waals surface area contributed by atoms with Crippen molar-refractivity contribution in [2.24, 2.45) is 0 Å². The van der Waals surface area contributed by atoms with Crippen molar-refractivity contribution < 1.29 is 28.6 Å². The van der Waals surface area contributed by atoms with E-state index in [9.17, 15) is 14.4 Å². The molecule has 61 heavy (non-hydrogen) atoms. The molecule has 0 saturated carbocycles. The van der Waals surface area contributed by atoms with Crippen LogP contribution in [0, 0.1) is 0 Å². The lowest BCUT2D eigenvalue weighted by Gasteiger charge is -2.18. The van der Waals surface area contributed by atoms with Crippen LogP contribution < -0.4 is 0 Å². The molecule has 0 aliphatic heterocycles. The number of hydrogen-bond acceptors (Lipinski definition) is 6. The summed E-state index contributed by atoms with van der Waals surface area (Å²) in [6.45, 7) is 6.69. The first-order valence-corrected chi connectivity index (χ1v) is 27.5. The smallest absolute Gasteiger partial charge is 0.306 e. The van der Waals surface area contributed by atoms with E-state index in [4.69, 9.17) is 14.2 Å². The van der Waals surface area contributed by atoms with Gasteiger partial charge in [-0.15, -0.1) is 0 Å². The van der Waals surface area contributed by atoms with Crippen molar-refractivity contribution in [3.63, 3.8) is 0 Å². The molecule has 0 amide bonds. The third-order valence-corrected chi connectivity index (χ3v) is 12.6. The molecule has 0 aromatic heterocycles. The molecule has 0 rings (SSSR count). The summed E-state index contributed by atoms with van der Waals surface area (Å²) >= 11 is 0. The van der Waals surface area contributed by atoms with E-state index in [1.54, 1.807) is 0 Å². The van der Waals surface area contributed by atoms with E-state index >= 15 is 0 Å². The van der Waals surface area contributed by atoms with Gasteiger partial charge in [0.25, 0.3) is 0 Å². The van der Waals surface area contributed by atoms with Gasteiger partial charge in [-0.05, 0) is 19.3 Å². The highest BCUT2D eigenvalue weighted by molar-refractivity contribution is 5.71. The van der Waals surface area contributed by atoms with E-state index in [-0.39, 0.29) is 31.1 Å². The van der Waals surface area contributed by atoms with Gasteiger partial charge in [0.15, 0.2) is 6.10 Å². The quantitative estimate of drug-likeness (QED) is 0.0344. The van der Waals surface area contributed by atoms with Crippen LogP contribution in [0.15, 0.2) is 0 Å². The molecular weight excluding hydrogens is 757 g/mol. The van der Waals surface area contributed by atoms with Gasteiger partial charge in [0.1, 0.15) is 13.2 Å². The highest BCUT2D eigenvalue weighted by atomic mass is 16.6. The molecule has 0 aromatic rings. The van der Waals surface area contributed by atoms with Crippen LogP contribution in [0.3, 0.4) is 0 Å². The standard InChI is InChI=1S/C55H106O6/c1-4-7-10-13-16-19-22-24-26-27-29-30-33-36-39-42-45-48-54(57)60-51-52(50-59-53(56)47-44-41-38-35-32-21-18-15-12-9-6-3)61-55(58)49-46-43-40-37-34-31-28-25-23-20-17-14-11-8-5-2/h52H,4-51H2,1-3H3. The molecule has 0 radical (unpaired) electrons. The van der Waals surface area contributed by atoms with Gasteiger partial charge in [0, 0.05) is 19.3 Å². The van der Waals surface area contributed by atoms with Crippen molar-refractivity contribution in [1.29, 1.82) is 0 Å². The molecule has 362 valence electrons. The summed E-state index contributed by atoms with van der Waals surface area (Å²) in [6, 6.07) is 0. The Morgan fingerprint density at radius 2 is 0.443 bits per heavy atom. The van der Waals surface area contributed by atoms with Crippen molar-refractivity contribution in [2.45, 2.75) is 322 Å². The number of hydrogen-bond donors (Lipinski definition) is 0. The van der Waals surface area contributed by atoms with Crippen LogP contribution in [0.5, 0.6) is 0 Å². The van der Waals surface area contributed by atoms with Gasteiger partial charge in [-0.25, -0.2) is 0 Å². The van der Waals surface area contributed by atoms with Crippen molar-refractivity contribution in [1.82, 2.24) is 0 Å². The number of esters is 3. The monoisotopic (exact) mass is 863 g/mol. The first-order valence-electron chi connectivity index (χ1n) is 27.5. The summed E-state index contributed by atoms with van der Waals surface area (Å²) in [7, 11) is 0. The molecule has 6 heteroatoms. The van der Waals surface area contributed by atoms with Gasteiger partial charge in [0.2, 0.25) is 0 Å². The van der Waals surface area contributed by atoms with Crippen LogP contribution in [0.1, 0.15) is 316 Å². The predicted octanol–water partition coefficient (Wildman–Crippen LogP) is 18.0. The molecule has 0 bridgehead atoms. The van der Waals surface area contributed by atoms with Gasteiger partial charge in [0.05, 0.1) is 0 Å². The summed E-state index contributed by atoms with van der Waals surface area (Å²) in [6.07, 6.45) is 55.1. The third kappa shape index (κ3) is 49.3. The van der Waals surface area contributed by atoms with Gasteiger partial charge in [-0.1, -0.05) is 278 Å². The third-order valence-electron chi connectivity index (χ3n) is 12.6. The number of unbranched alkanes of at least 4 members (excludes halogenated alkanes) is 40. The Morgan fingerprint density at radius 3 is 0.656 bits per heavy atom. The Kier molecular flexibility index (Phi) is 49.7. The van der Waals surface area contributed by atoms with E-state index in [0.717, 1.165) is 57.8 Å². The Morgan fingerprint density at radius 1 is 0.262 bits per heavy atom. The molecule has 6 nitrogen and oxygen atoms in total. The fraction of sp³-hybridized carbons (Fsp3) is 0.945. The highest BCUT2D eigenvalue weighted by Crippen LogP contribution is 2.17. The highest BCUT2D eigenvalue weighted by Gasteiger charge is 2.19. The topological polar surface area (TPSA) is 78.9 Å². The summed E-state index contributed by atoms with van der Waals surface area (Å²) in [4.78, 5) is 38.0. The Bertz CT molecular complexity index is 905. The molecule has 0 aliphatic carbocycles. The summed E-state index contributed by atoms with van der Waals surface area (Å²) in [5.41, 5.74) is 0. The first kappa shape index (κ1) is 59.4. The lowest BCUT2D eigenvalue weighted by atomic mass is 10.0. The Labute approximate surface area is 380 Å². The number of ether oxygens (including phenoxy) is 3. The van der Waals surface area contributed by atoms with Crippen LogP contribution in [0.4, 0.5) is 0 Å². The second kappa shape index (κ2) is 51.0. The van der Waals surface area contributed by atoms with Crippen LogP contribution in [-0.4, -0.2) is 37.2 Å². The van der Waals surface area contributed by atoms with E-state index in [1.807, 2.05) is 0 Å². The first-order chi connectivity index (χ1) is 30.0. The minimum atomic E-state index is -0.760. The SMILES string of the molecule is CCCCCCCCCCCCCCCCCCCC(=O)OCC(COC(=O)CCCCCCCCCCCCC)OC(=O)CCCCCCCCCCCCCCCCC. The van der Waals surface area contributed by atoms with E-state index < -0.39 is 6.10 Å². The van der Waals surface area contributed by atoms with Crippen molar-refractivity contribution in [2.75, 3.05) is 13.2 Å². The zero-order valence-electron chi connectivity index (χ0n) is 41.5. The Balaban J connectivity index is 4.27. The molecule has 0 saturated heterocycles. The lowest BCUT2D eigenvalue weighted by Crippen LogP contribution is -2.30. The molecule has 0 N–H and O–H groups in total. The van der Waals surface area contributed by atoms with Gasteiger partial charge in [-0.2, -0.15) is 0 Å². The van der Waals surface area contributed by atoms with Crippen molar-refractivity contribution in [3.05, 3.63) is 0 Å². The van der Waals surface area contributed by atoms with Crippen LogP contribution in [0.2, 0.25) is 0 Å². The van der Waals surface area contributed by atoms with Gasteiger partial charge in [-0.3, -0.25) is 14.4 Å². The van der Waals surface area contributed by atoms with E-state index in [0.29, 0.717) is 19.3 Å². The van der Waals surface area contributed by atoms with Crippen LogP contribution >= 0.6 is 0 Å². The fourth-order valence-electron chi connectivity index (χ4n) is 8.45. The van der Waals surface area contributed by atoms with Crippen molar-refractivity contribution in [3.8, 4) is 0 Å². The van der Waals surface area contributed by atoms with E-state index in [2.05, 4.69) is 20.8 Å². The molecule has 0 heterocycles. The normalized spacial score (nSPS) is 11.9. The minimum absolute atomic E-state index is 0.0614. The fourth-order valence-corrected chi connectivity index (χ4v) is 8.45. The minimum Gasteiger partial charge on any atom is -0.462 e. The number of carbonyl (C=O) groups is 3. The van der Waals surface area contributed by atoms with Gasteiger partial charge < -0.3 is 14.2 Å². The number of carbonyl (C=O) groups excluding carboxylic acids is 3. The second-order valence-electron chi connectivity index (χ2n) is 18.9. The summed E-state index contributed by atoms with van der Waals surface area (Å²) in [5.74, 6) is -0.837. The summed E-state index contributed by atoms with van der Waals surface area (Å²) in [5, 5.41) is 0.